The predicted octanol–water partition coefficient (Wildman–Crippen LogP) is 4.73. The second-order valence-electron chi connectivity index (χ2n) is 8.14. The lowest BCUT2D eigenvalue weighted by Gasteiger charge is -2.25. The standard InChI is InChI=1S/C28H30O5/c29-17-16-25-27(31-19-23-12-6-2-7-13-23)28(32-20-24-14-8-3-9-15-24)26(33-25)21-30-18-22-10-4-1-5-11-22/h1-15,17,25-28H,16,18-21H2/t25-,26+,27+,28+/m1/s1. The molecule has 0 spiro atoms. The van der Waals surface area contributed by atoms with Gasteiger partial charge in [0.1, 0.15) is 24.6 Å². The Morgan fingerprint density at radius 3 is 1.58 bits per heavy atom. The minimum Gasteiger partial charge on any atom is -0.374 e. The molecule has 1 fully saturated rings. The smallest absolute Gasteiger partial charge is 0.122 e. The van der Waals surface area contributed by atoms with Crippen molar-refractivity contribution in [3.05, 3.63) is 108 Å². The quantitative estimate of drug-likeness (QED) is 0.377. The fourth-order valence-electron chi connectivity index (χ4n) is 4.03. The Labute approximate surface area is 195 Å². The van der Waals surface area contributed by atoms with E-state index in [9.17, 15) is 4.79 Å². The summed E-state index contributed by atoms with van der Waals surface area (Å²) in [4.78, 5) is 11.4. The zero-order chi connectivity index (χ0) is 22.7. The van der Waals surface area contributed by atoms with Gasteiger partial charge in [-0.25, -0.2) is 0 Å². The van der Waals surface area contributed by atoms with Crippen molar-refractivity contribution in [1.82, 2.24) is 0 Å². The number of hydrogen-bond donors (Lipinski definition) is 0. The topological polar surface area (TPSA) is 54.0 Å². The van der Waals surface area contributed by atoms with E-state index >= 15 is 0 Å². The third-order valence-corrected chi connectivity index (χ3v) is 5.70. The molecule has 0 aliphatic carbocycles. The summed E-state index contributed by atoms with van der Waals surface area (Å²) in [5.74, 6) is 0. The number of benzene rings is 3. The molecule has 1 saturated heterocycles. The summed E-state index contributed by atoms with van der Waals surface area (Å²) in [5, 5.41) is 0. The van der Waals surface area contributed by atoms with Crippen molar-refractivity contribution in [1.29, 1.82) is 0 Å². The molecule has 0 aromatic heterocycles. The number of hydrogen-bond acceptors (Lipinski definition) is 5. The summed E-state index contributed by atoms with van der Waals surface area (Å²) in [6.45, 7) is 1.70. The Morgan fingerprint density at radius 1 is 0.636 bits per heavy atom. The second-order valence-corrected chi connectivity index (χ2v) is 8.14. The van der Waals surface area contributed by atoms with Gasteiger partial charge in [-0.15, -0.1) is 0 Å². The summed E-state index contributed by atoms with van der Waals surface area (Å²) in [5.41, 5.74) is 3.23. The van der Waals surface area contributed by atoms with Crippen LogP contribution >= 0.6 is 0 Å². The molecular formula is C28H30O5. The first-order valence-corrected chi connectivity index (χ1v) is 11.4. The SMILES string of the molecule is O=CC[C@H]1O[C@@H](COCc2ccccc2)[C@H](OCc2ccccc2)[C@H]1OCc1ccccc1. The lowest BCUT2D eigenvalue weighted by atomic mass is 10.1. The van der Waals surface area contributed by atoms with E-state index < -0.39 is 0 Å². The Morgan fingerprint density at radius 2 is 1.09 bits per heavy atom. The summed E-state index contributed by atoms with van der Waals surface area (Å²) >= 11 is 0. The molecule has 5 nitrogen and oxygen atoms in total. The maximum Gasteiger partial charge on any atom is 0.122 e. The van der Waals surface area contributed by atoms with Crippen molar-refractivity contribution >= 4 is 6.29 Å². The zero-order valence-electron chi connectivity index (χ0n) is 18.6. The number of rotatable bonds is 12. The van der Waals surface area contributed by atoms with E-state index in [1.165, 1.54) is 0 Å². The van der Waals surface area contributed by atoms with Crippen LogP contribution in [-0.2, 0) is 43.6 Å². The van der Waals surface area contributed by atoms with E-state index in [1.807, 2.05) is 91.0 Å². The molecule has 172 valence electrons. The van der Waals surface area contributed by atoms with Gasteiger partial charge in [-0.2, -0.15) is 0 Å². The molecule has 4 rings (SSSR count). The van der Waals surface area contributed by atoms with Crippen LogP contribution in [0.2, 0.25) is 0 Å². The highest BCUT2D eigenvalue weighted by Gasteiger charge is 2.46. The van der Waals surface area contributed by atoms with Gasteiger partial charge in [-0.05, 0) is 16.7 Å². The molecule has 0 saturated carbocycles. The normalized spacial score (nSPS) is 22.3. The number of carbonyl (C=O) groups excluding carboxylic acids is 1. The molecule has 1 aliphatic heterocycles. The molecule has 0 N–H and O–H groups in total. The van der Waals surface area contributed by atoms with E-state index in [-0.39, 0.29) is 30.8 Å². The van der Waals surface area contributed by atoms with Crippen molar-refractivity contribution in [3.63, 3.8) is 0 Å². The average molecular weight is 447 g/mol. The maximum atomic E-state index is 11.4. The van der Waals surface area contributed by atoms with Crippen LogP contribution in [0.25, 0.3) is 0 Å². The average Bonchev–Trinajstić information content (AvgIpc) is 3.19. The van der Waals surface area contributed by atoms with Crippen LogP contribution in [-0.4, -0.2) is 37.3 Å². The monoisotopic (exact) mass is 446 g/mol. The maximum absolute atomic E-state index is 11.4. The van der Waals surface area contributed by atoms with Crippen LogP contribution in [0.1, 0.15) is 23.1 Å². The van der Waals surface area contributed by atoms with E-state index in [4.69, 9.17) is 18.9 Å². The van der Waals surface area contributed by atoms with Gasteiger partial charge < -0.3 is 23.7 Å². The Balaban J connectivity index is 1.45. The van der Waals surface area contributed by atoms with Gasteiger partial charge in [-0.1, -0.05) is 91.0 Å². The van der Waals surface area contributed by atoms with Gasteiger partial charge in [0, 0.05) is 6.42 Å². The first-order chi connectivity index (χ1) is 16.3. The summed E-state index contributed by atoms with van der Waals surface area (Å²) < 4.78 is 24.8. The minimum atomic E-state index is -0.377. The van der Waals surface area contributed by atoms with Gasteiger partial charge in [0.2, 0.25) is 0 Å². The van der Waals surface area contributed by atoms with E-state index in [0.717, 1.165) is 23.0 Å². The van der Waals surface area contributed by atoms with Crippen molar-refractivity contribution in [2.24, 2.45) is 0 Å². The summed E-state index contributed by atoms with van der Waals surface area (Å²) in [6.07, 6.45) is -0.301. The van der Waals surface area contributed by atoms with Crippen LogP contribution in [0.3, 0.4) is 0 Å². The largest absolute Gasteiger partial charge is 0.374 e. The van der Waals surface area contributed by atoms with Crippen molar-refractivity contribution < 1.29 is 23.7 Å². The number of ether oxygens (including phenoxy) is 4. The minimum absolute atomic E-state index is 0.250. The molecule has 0 amide bonds. The molecule has 3 aromatic carbocycles. The highest BCUT2D eigenvalue weighted by atomic mass is 16.6. The number of carbonyl (C=O) groups is 1. The molecule has 3 aromatic rings. The van der Waals surface area contributed by atoms with E-state index in [1.54, 1.807) is 0 Å². The highest BCUT2D eigenvalue weighted by Crippen LogP contribution is 2.30. The van der Waals surface area contributed by atoms with Gasteiger partial charge in [-0.3, -0.25) is 0 Å². The van der Waals surface area contributed by atoms with Crippen molar-refractivity contribution in [2.45, 2.75) is 50.7 Å². The van der Waals surface area contributed by atoms with Crippen LogP contribution in [0.5, 0.6) is 0 Å². The number of aldehydes is 1. The van der Waals surface area contributed by atoms with Gasteiger partial charge in [0.05, 0.1) is 32.5 Å². The fourth-order valence-corrected chi connectivity index (χ4v) is 4.03. The summed E-state index contributed by atoms with van der Waals surface area (Å²) in [7, 11) is 0. The van der Waals surface area contributed by atoms with Gasteiger partial charge in [0.25, 0.3) is 0 Å². The molecule has 4 atom stereocenters. The molecular weight excluding hydrogens is 416 g/mol. The van der Waals surface area contributed by atoms with E-state index in [2.05, 4.69) is 0 Å². The van der Waals surface area contributed by atoms with E-state index in [0.29, 0.717) is 26.4 Å². The lowest BCUT2D eigenvalue weighted by molar-refractivity contribution is -0.113. The Kier molecular flexibility index (Phi) is 8.78. The van der Waals surface area contributed by atoms with Crippen LogP contribution in [0.4, 0.5) is 0 Å². The first kappa shape index (κ1) is 23.3. The summed E-state index contributed by atoms with van der Waals surface area (Å²) in [6, 6.07) is 30.0. The third-order valence-electron chi connectivity index (χ3n) is 5.70. The zero-order valence-corrected chi connectivity index (χ0v) is 18.6. The molecule has 5 heteroatoms. The fraction of sp³-hybridized carbons (Fsp3) is 0.321. The lowest BCUT2D eigenvalue weighted by Crippen LogP contribution is -2.39. The molecule has 1 heterocycles. The van der Waals surface area contributed by atoms with Crippen LogP contribution in [0, 0.1) is 0 Å². The molecule has 1 aliphatic rings. The molecule has 0 unspecified atom stereocenters. The Bertz CT molecular complexity index is 948. The molecule has 0 radical (unpaired) electrons. The van der Waals surface area contributed by atoms with Crippen LogP contribution in [0.15, 0.2) is 91.0 Å². The molecule has 0 bridgehead atoms. The third kappa shape index (κ3) is 6.83. The van der Waals surface area contributed by atoms with Crippen molar-refractivity contribution in [2.75, 3.05) is 6.61 Å². The highest BCUT2D eigenvalue weighted by molar-refractivity contribution is 5.50. The Hall–Kier alpha value is -2.83. The first-order valence-electron chi connectivity index (χ1n) is 11.4. The molecule has 33 heavy (non-hydrogen) atoms. The second kappa shape index (κ2) is 12.4. The van der Waals surface area contributed by atoms with Gasteiger partial charge >= 0.3 is 0 Å². The van der Waals surface area contributed by atoms with Crippen molar-refractivity contribution in [3.8, 4) is 0 Å². The van der Waals surface area contributed by atoms with Crippen LogP contribution < -0.4 is 0 Å². The van der Waals surface area contributed by atoms with Gasteiger partial charge in [0.15, 0.2) is 0 Å². The predicted molar refractivity (Wildman–Crippen MR) is 125 cm³/mol.